The molecule has 0 aliphatic carbocycles. The van der Waals surface area contributed by atoms with E-state index in [-0.39, 0.29) is 31.9 Å². The van der Waals surface area contributed by atoms with Crippen molar-refractivity contribution in [2.75, 3.05) is 32.1 Å². The molecular formula is C34H43N5O5. The monoisotopic (exact) mass is 601 g/mol. The summed E-state index contributed by atoms with van der Waals surface area (Å²) in [7, 11) is 1.60. The molecule has 44 heavy (non-hydrogen) atoms. The number of urea groups is 1. The van der Waals surface area contributed by atoms with Crippen molar-refractivity contribution >= 4 is 34.4 Å². The Morgan fingerprint density at radius 3 is 2.48 bits per heavy atom. The van der Waals surface area contributed by atoms with Crippen LogP contribution in [0.25, 0.3) is 10.9 Å². The van der Waals surface area contributed by atoms with Gasteiger partial charge in [0, 0.05) is 56.3 Å². The minimum Gasteiger partial charge on any atom is -0.496 e. The number of ether oxygens (including phenoxy) is 2. The number of para-hydroxylation sites is 2. The highest BCUT2D eigenvalue weighted by atomic mass is 16.5. The number of benzene rings is 3. The number of aromatic nitrogens is 1. The third-order valence-corrected chi connectivity index (χ3v) is 7.24. The molecule has 1 heterocycles. The van der Waals surface area contributed by atoms with E-state index < -0.39 is 0 Å². The number of fused-ring (bicyclic) bond motifs is 1. The van der Waals surface area contributed by atoms with Crippen molar-refractivity contribution in [3.05, 3.63) is 90.1 Å². The molecule has 1 atom stereocenters. The number of amides is 4. The van der Waals surface area contributed by atoms with Crippen LogP contribution in [0.5, 0.6) is 11.5 Å². The van der Waals surface area contributed by atoms with Crippen LogP contribution in [0.15, 0.2) is 79.0 Å². The molecule has 0 saturated carbocycles. The van der Waals surface area contributed by atoms with Gasteiger partial charge < -0.3 is 35.3 Å². The molecule has 0 aliphatic heterocycles. The van der Waals surface area contributed by atoms with E-state index in [1.165, 1.54) is 6.92 Å². The number of carbonyl (C=O) groups is 3. The van der Waals surface area contributed by atoms with Gasteiger partial charge in [0.05, 0.1) is 13.2 Å². The lowest BCUT2D eigenvalue weighted by atomic mass is 10.0. The first-order chi connectivity index (χ1) is 21.4. The van der Waals surface area contributed by atoms with Crippen molar-refractivity contribution in [2.45, 2.75) is 45.7 Å². The van der Waals surface area contributed by atoms with Gasteiger partial charge in [0.25, 0.3) is 5.91 Å². The number of anilines is 1. The fourth-order valence-corrected chi connectivity index (χ4v) is 4.94. The van der Waals surface area contributed by atoms with E-state index in [1.807, 2.05) is 54.7 Å². The molecule has 4 aromatic rings. The Morgan fingerprint density at radius 2 is 1.73 bits per heavy atom. The van der Waals surface area contributed by atoms with Gasteiger partial charge >= 0.3 is 6.03 Å². The Balaban J connectivity index is 0.00000552. The van der Waals surface area contributed by atoms with Gasteiger partial charge in [-0.3, -0.25) is 9.59 Å². The first kappa shape index (κ1) is 31.9. The van der Waals surface area contributed by atoms with Gasteiger partial charge in [-0.25, -0.2) is 4.79 Å². The first-order valence-electron chi connectivity index (χ1n) is 14.9. The Labute approximate surface area is 259 Å². The van der Waals surface area contributed by atoms with Gasteiger partial charge in [-0.15, -0.1) is 0 Å². The summed E-state index contributed by atoms with van der Waals surface area (Å²) in [6, 6.07) is 21.7. The number of H-pyrrole nitrogens is 1. The molecule has 4 amide bonds. The van der Waals surface area contributed by atoms with Gasteiger partial charge in [-0.05, 0) is 54.8 Å². The summed E-state index contributed by atoms with van der Waals surface area (Å²) in [5.41, 5.74) is 3.54. The molecule has 234 valence electrons. The summed E-state index contributed by atoms with van der Waals surface area (Å²) in [4.78, 5) is 42.9. The summed E-state index contributed by atoms with van der Waals surface area (Å²) in [6.45, 7) is 4.63. The molecule has 1 aromatic heterocycles. The molecule has 0 bridgehead atoms. The van der Waals surface area contributed by atoms with Crippen molar-refractivity contribution in [2.24, 2.45) is 0 Å². The molecule has 4 N–H and O–H groups in total. The second kappa shape index (κ2) is 16.0. The maximum Gasteiger partial charge on any atom is 0.319 e. The Hall–Kier alpha value is -4.99. The van der Waals surface area contributed by atoms with Crippen LogP contribution in [0.2, 0.25) is 0 Å². The summed E-state index contributed by atoms with van der Waals surface area (Å²) in [6.07, 6.45) is 4.37. The zero-order valence-corrected chi connectivity index (χ0v) is 25.5. The number of unbranched alkanes of at least 4 members (excludes halogenated alkanes) is 1. The minimum atomic E-state index is -0.387. The van der Waals surface area contributed by atoms with Crippen molar-refractivity contribution in [3.63, 3.8) is 0 Å². The lowest BCUT2D eigenvalue weighted by Gasteiger charge is -2.28. The summed E-state index contributed by atoms with van der Waals surface area (Å²) in [5.74, 6) is 0.765. The predicted octanol–water partition coefficient (Wildman–Crippen LogP) is 5.50. The van der Waals surface area contributed by atoms with Crippen molar-refractivity contribution in [1.29, 1.82) is 0 Å². The number of nitrogens with one attached hydrogen (secondary N) is 4. The number of aromatic amines is 1. The first-order valence-corrected chi connectivity index (χ1v) is 14.9. The van der Waals surface area contributed by atoms with E-state index in [1.54, 1.807) is 36.3 Å². The maximum atomic E-state index is 13.1. The molecular weight excluding hydrogens is 558 g/mol. The second-order valence-corrected chi connectivity index (χ2v) is 10.6. The molecule has 0 spiro atoms. The van der Waals surface area contributed by atoms with Crippen LogP contribution < -0.4 is 25.4 Å². The van der Waals surface area contributed by atoms with E-state index in [0.717, 1.165) is 34.9 Å². The average molecular weight is 602 g/mol. The molecule has 3 aromatic carbocycles. The summed E-state index contributed by atoms with van der Waals surface area (Å²) >= 11 is 0. The zero-order valence-electron chi connectivity index (χ0n) is 25.5. The van der Waals surface area contributed by atoms with Gasteiger partial charge in [-0.1, -0.05) is 49.7 Å². The van der Waals surface area contributed by atoms with E-state index in [0.29, 0.717) is 43.2 Å². The van der Waals surface area contributed by atoms with Crippen molar-refractivity contribution in [1.82, 2.24) is 20.5 Å². The molecule has 0 aliphatic rings. The fraction of sp³-hybridized carbons (Fsp3) is 0.324. The van der Waals surface area contributed by atoms with Gasteiger partial charge in [0.2, 0.25) is 5.91 Å². The number of hydrogen-bond acceptors (Lipinski definition) is 5. The highest BCUT2D eigenvalue weighted by Gasteiger charge is 2.22. The smallest absolute Gasteiger partial charge is 0.319 e. The van der Waals surface area contributed by atoms with Crippen LogP contribution in [-0.2, 0) is 22.6 Å². The molecule has 0 radical (unpaired) electrons. The number of carbonyl (C=O) groups excluding carboxylic acids is 3. The van der Waals surface area contributed by atoms with Crippen LogP contribution >= 0.6 is 0 Å². The zero-order chi connectivity index (χ0) is 31.3. The van der Waals surface area contributed by atoms with Gasteiger partial charge in [0.15, 0.2) is 6.61 Å². The average Bonchev–Trinajstić information content (AvgIpc) is 3.43. The quantitative estimate of drug-likeness (QED) is 0.134. The number of nitrogens with zero attached hydrogens (tertiary/aromatic N) is 1. The molecule has 10 heteroatoms. The van der Waals surface area contributed by atoms with Crippen LogP contribution in [0.3, 0.4) is 0 Å². The van der Waals surface area contributed by atoms with Gasteiger partial charge in [0.1, 0.15) is 11.5 Å². The Kier molecular flexibility index (Phi) is 11.6. The van der Waals surface area contributed by atoms with Crippen LogP contribution in [0.1, 0.15) is 39.2 Å². The van der Waals surface area contributed by atoms with Crippen LogP contribution in [0, 0.1) is 0 Å². The number of methoxy groups -OCH3 is 1. The summed E-state index contributed by atoms with van der Waals surface area (Å²) in [5, 5.41) is 9.73. The second-order valence-electron chi connectivity index (χ2n) is 10.6. The van der Waals surface area contributed by atoms with E-state index in [9.17, 15) is 14.4 Å². The third kappa shape index (κ3) is 9.26. The lowest BCUT2D eigenvalue weighted by Crippen LogP contribution is -2.47. The van der Waals surface area contributed by atoms with Crippen molar-refractivity contribution < 1.29 is 25.3 Å². The highest BCUT2D eigenvalue weighted by molar-refractivity contribution is 5.89. The molecule has 4 rings (SSSR count). The SMILES string of the molecule is CCCCNC(=O)Nc1ccc(OCC(=O)NC(Cc2c[nH]c3ccccc23)CN(Cc2ccccc2OC)C(C)=O)cc1.[HH]. The predicted molar refractivity (Wildman–Crippen MR) is 174 cm³/mol. The standard InChI is InChI=1S/C34H41N5O5.H2/c1-4-5-18-35-34(42)38-27-14-16-29(17-15-27)44-23-33(41)37-28(19-26-20-36-31-12-8-7-11-30(26)31)22-39(24(2)40)21-25-10-6-9-13-32(25)43-3;/h6-17,20,28,36H,4-5,18-19,21-23H2,1-3H3,(H,37,41)(H2,35,38,42);1H. The molecule has 0 saturated heterocycles. The van der Waals surface area contributed by atoms with Crippen molar-refractivity contribution in [3.8, 4) is 11.5 Å². The largest absolute Gasteiger partial charge is 0.496 e. The molecule has 0 fully saturated rings. The number of hydrogen-bond donors (Lipinski definition) is 4. The maximum absolute atomic E-state index is 13.1. The number of rotatable bonds is 15. The topological polar surface area (TPSA) is 125 Å². The van der Waals surface area contributed by atoms with Gasteiger partial charge in [-0.2, -0.15) is 0 Å². The lowest BCUT2D eigenvalue weighted by molar-refractivity contribution is -0.131. The Morgan fingerprint density at radius 1 is 0.977 bits per heavy atom. The van der Waals surface area contributed by atoms with E-state index in [2.05, 4.69) is 27.9 Å². The minimum absolute atomic E-state index is 0. The Bertz CT molecular complexity index is 1540. The highest BCUT2D eigenvalue weighted by Crippen LogP contribution is 2.22. The third-order valence-electron chi connectivity index (χ3n) is 7.24. The fourth-order valence-electron chi connectivity index (χ4n) is 4.94. The van der Waals surface area contributed by atoms with E-state index >= 15 is 0 Å². The molecule has 10 nitrogen and oxygen atoms in total. The normalized spacial score (nSPS) is 11.4. The van der Waals surface area contributed by atoms with E-state index in [4.69, 9.17) is 9.47 Å². The summed E-state index contributed by atoms with van der Waals surface area (Å²) < 4.78 is 11.2. The van der Waals surface area contributed by atoms with Crippen LogP contribution in [0.4, 0.5) is 10.5 Å². The van der Waals surface area contributed by atoms with Crippen LogP contribution in [-0.4, -0.2) is 60.6 Å². The molecule has 1 unspecified atom stereocenters.